The van der Waals surface area contributed by atoms with Crippen LogP contribution in [0.3, 0.4) is 0 Å². The maximum Gasteiger partial charge on any atom is 0.246 e. The molecule has 0 bridgehead atoms. The van der Waals surface area contributed by atoms with Gasteiger partial charge in [0.15, 0.2) is 0 Å². The maximum atomic E-state index is 12.1. The highest BCUT2D eigenvalue weighted by molar-refractivity contribution is 6.33. The molecule has 0 fully saturated rings. The van der Waals surface area contributed by atoms with Crippen LogP contribution in [0.15, 0.2) is 18.2 Å². The van der Waals surface area contributed by atoms with Gasteiger partial charge >= 0.3 is 0 Å². The summed E-state index contributed by atoms with van der Waals surface area (Å²) < 4.78 is 6.67. The highest BCUT2D eigenvalue weighted by Gasteiger charge is 2.13. The lowest BCUT2D eigenvalue weighted by atomic mass is 10.3. The molecule has 1 aromatic carbocycles. The number of aromatic nitrogens is 2. The minimum Gasteiger partial charge on any atom is -0.497 e. The summed E-state index contributed by atoms with van der Waals surface area (Å²) in [7, 11) is 1.55. The predicted octanol–water partition coefficient (Wildman–Crippen LogP) is 2.38. The minimum atomic E-state index is -0.240. The second kappa shape index (κ2) is 6.05. The molecule has 1 amide bonds. The highest BCUT2D eigenvalue weighted by Crippen LogP contribution is 2.26. The molecule has 0 aliphatic rings. The standard InChI is InChI=1S/C14H17ClN4O2/c1-8-14(16)9(2)19(18-8)7-13(20)17-12-6-10(21-3)4-5-11(12)15/h4-6H,7,16H2,1-3H3,(H,17,20). The fourth-order valence-corrected chi connectivity index (χ4v) is 2.08. The van der Waals surface area contributed by atoms with E-state index < -0.39 is 0 Å². The molecule has 1 aromatic heterocycles. The highest BCUT2D eigenvalue weighted by atomic mass is 35.5. The van der Waals surface area contributed by atoms with E-state index in [9.17, 15) is 4.79 Å². The van der Waals surface area contributed by atoms with Crippen LogP contribution in [0.2, 0.25) is 5.02 Å². The van der Waals surface area contributed by atoms with Gasteiger partial charge in [-0.15, -0.1) is 0 Å². The van der Waals surface area contributed by atoms with Crippen LogP contribution in [0.4, 0.5) is 11.4 Å². The van der Waals surface area contributed by atoms with E-state index in [1.54, 1.807) is 36.9 Å². The zero-order valence-electron chi connectivity index (χ0n) is 12.1. The number of methoxy groups -OCH3 is 1. The number of carbonyl (C=O) groups excluding carboxylic acids is 1. The first-order valence-electron chi connectivity index (χ1n) is 6.35. The molecule has 6 nitrogen and oxygen atoms in total. The summed E-state index contributed by atoms with van der Waals surface area (Å²) >= 11 is 6.05. The number of carbonyl (C=O) groups is 1. The van der Waals surface area contributed by atoms with Crippen LogP contribution in [0, 0.1) is 13.8 Å². The molecule has 0 aliphatic carbocycles. The lowest BCUT2D eigenvalue weighted by molar-refractivity contribution is -0.116. The number of hydrogen-bond acceptors (Lipinski definition) is 4. The number of halogens is 1. The van der Waals surface area contributed by atoms with Gasteiger partial charge in [0, 0.05) is 6.07 Å². The van der Waals surface area contributed by atoms with Crippen LogP contribution in [-0.2, 0) is 11.3 Å². The second-order valence-corrected chi connectivity index (χ2v) is 5.04. The van der Waals surface area contributed by atoms with E-state index in [2.05, 4.69) is 10.4 Å². The van der Waals surface area contributed by atoms with E-state index in [1.807, 2.05) is 6.92 Å². The Balaban J connectivity index is 2.13. The molecular weight excluding hydrogens is 292 g/mol. The van der Waals surface area contributed by atoms with Gasteiger partial charge in [0.05, 0.1) is 34.9 Å². The van der Waals surface area contributed by atoms with E-state index in [4.69, 9.17) is 22.1 Å². The molecule has 0 saturated heterocycles. The molecule has 0 radical (unpaired) electrons. The zero-order valence-corrected chi connectivity index (χ0v) is 12.9. The third-order valence-electron chi connectivity index (χ3n) is 3.18. The van der Waals surface area contributed by atoms with Crippen molar-refractivity contribution in [2.75, 3.05) is 18.2 Å². The van der Waals surface area contributed by atoms with E-state index in [-0.39, 0.29) is 12.5 Å². The number of benzene rings is 1. The SMILES string of the molecule is COc1ccc(Cl)c(NC(=O)Cn2nc(C)c(N)c2C)c1. The molecule has 2 rings (SSSR count). The number of ether oxygens (including phenoxy) is 1. The Labute approximate surface area is 127 Å². The van der Waals surface area contributed by atoms with Gasteiger partial charge in [-0.05, 0) is 26.0 Å². The Hall–Kier alpha value is -2.21. The Morgan fingerprint density at radius 1 is 1.48 bits per heavy atom. The Bertz CT molecular complexity index is 682. The monoisotopic (exact) mass is 308 g/mol. The average molecular weight is 309 g/mol. The summed E-state index contributed by atoms with van der Waals surface area (Å²) in [5.41, 5.74) is 8.41. The van der Waals surface area contributed by atoms with Crippen molar-refractivity contribution in [3.63, 3.8) is 0 Å². The maximum absolute atomic E-state index is 12.1. The summed E-state index contributed by atoms with van der Waals surface area (Å²) in [5, 5.41) is 7.40. The average Bonchev–Trinajstić information content (AvgIpc) is 2.68. The van der Waals surface area contributed by atoms with Crippen LogP contribution in [0.25, 0.3) is 0 Å². The first kappa shape index (κ1) is 15.2. The van der Waals surface area contributed by atoms with Gasteiger partial charge in [-0.3, -0.25) is 9.48 Å². The van der Waals surface area contributed by atoms with Crippen molar-refractivity contribution in [1.29, 1.82) is 0 Å². The van der Waals surface area contributed by atoms with Crippen molar-refractivity contribution < 1.29 is 9.53 Å². The topological polar surface area (TPSA) is 82.2 Å². The second-order valence-electron chi connectivity index (χ2n) is 4.64. The summed E-state index contributed by atoms with van der Waals surface area (Å²) in [6.07, 6.45) is 0. The van der Waals surface area contributed by atoms with Crippen molar-refractivity contribution >= 4 is 28.9 Å². The number of anilines is 2. The number of hydrogen-bond donors (Lipinski definition) is 2. The molecule has 0 spiro atoms. The Morgan fingerprint density at radius 2 is 2.19 bits per heavy atom. The molecule has 0 unspecified atom stereocenters. The number of aryl methyl sites for hydroxylation is 1. The molecule has 0 aliphatic heterocycles. The normalized spacial score (nSPS) is 10.5. The van der Waals surface area contributed by atoms with Crippen LogP contribution in [0.1, 0.15) is 11.4 Å². The molecule has 21 heavy (non-hydrogen) atoms. The molecule has 7 heteroatoms. The lowest BCUT2D eigenvalue weighted by Gasteiger charge is -2.10. The summed E-state index contributed by atoms with van der Waals surface area (Å²) in [5.74, 6) is 0.376. The van der Waals surface area contributed by atoms with Crippen molar-refractivity contribution in [1.82, 2.24) is 9.78 Å². The fraction of sp³-hybridized carbons (Fsp3) is 0.286. The smallest absolute Gasteiger partial charge is 0.246 e. The summed E-state index contributed by atoms with van der Waals surface area (Å²) in [4.78, 5) is 12.1. The van der Waals surface area contributed by atoms with E-state index in [1.165, 1.54) is 0 Å². The van der Waals surface area contributed by atoms with Gasteiger partial charge in [0.1, 0.15) is 12.3 Å². The molecule has 0 saturated carbocycles. The van der Waals surface area contributed by atoms with Crippen LogP contribution >= 0.6 is 11.6 Å². The van der Waals surface area contributed by atoms with Gasteiger partial charge < -0.3 is 15.8 Å². The molecule has 1 heterocycles. The first-order chi connectivity index (χ1) is 9.92. The number of nitrogen functional groups attached to an aromatic ring is 1. The van der Waals surface area contributed by atoms with Crippen molar-refractivity contribution in [3.05, 3.63) is 34.6 Å². The van der Waals surface area contributed by atoms with Crippen molar-refractivity contribution in [3.8, 4) is 5.75 Å². The lowest BCUT2D eigenvalue weighted by Crippen LogP contribution is -2.20. The van der Waals surface area contributed by atoms with E-state index in [0.29, 0.717) is 27.8 Å². The van der Waals surface area contributed by atoms with Gasteiger partial charge in [-0.2, -0.15) is 5.10 Å². The number of nitrogens with zero attached hydrogens (tertiary/aromatic N) is 2. The zero-order chi connectivity index (χ0) is 15.6. The van der Waals surface area contributed by atoms with Crippen molar-refractivity contribution in [2.45, 2.75) is 20.4 Å². The van der Waals surface area contributed by atoms with Crippen LogP contribution in [0.5, 0.6) is 5.75 Å². The van der Waals surface area contributed by atoms with Gasteiger partial charge in [-0.1, -0.05) is 11.6 Å². The number of rotatable bonds is 4. The summed E-state index contributed by atoms with van der Waals surface area (Å²) in [6.45, 7) is 3.69. The van der Waals surface area contributed by atoms with Gasteiger partial charge in [0.25, 0.3) is 0 Å². The largest absolute Gasteiger partial charge is 0.497 e. The third kappa shape index (κ3) is 3.28. The quantitative estimate of drug-likeness (QED) is 0.908. The van der Waals surface area contributed by atoms with E-state index >= 15 is 0 Å². The fourth-order valence-electron chi connectivity index (χ4n) is 1.92. The molecule has 2 aromatic rings. The Morgan fingerprint density at radius 3 is 2.76 bits per heavy atom. The van der Waals surface area contributed by atoms with Gasteiger partial charge in [0.2, 0.25) is 5.91 Å². The minimum absolute atomic E-state index is 0.0669. The molecular formula is C14H17ClN4O2. The number of amides is 1. The third-order valence-corrected chi connectivity index (χ3v) is 3.51. The molecule has 0 atom stereocenters. The number of nitrogens with one attached hydrogen (secondary N) is 1. The summed E-state index contributed by atoms with van der Waals surface area (Å²) in [6, 6.07) is 5.05. The van der Waals surface area contributed by atoms with Crippen molar-refractivity contribution in [2.24, 2.45) is 0 Å². The van der Waals surface area contributed by atoms with Crippen LogP contribution < -0.4 is 15.8 Å². The van der Waals surface area contributed by atoms with Crippen LogP contribution in [-0.4, -0.2) is 22.8 Å². The molecule has 3 N–H and O–H groups in total. The van der Waals surface area contributed by atoms with E-state index in [0.717, 1.165) is 5.69 Å². The number of nitrogens with two attached hydrogens (primary N) is 1. The molecule has 112 valence electrons. The van der Waals surface area contributed by atoms with Gasteiger partial charge in [-0.25, -0.2) is 0 Å². The predicted molar refractivity (Wildman–Crippen MR) is 82.7 cm³/mol. The Kier molecular flexibility index (Phi) is 4.37. The first-order valence-corrected chi connectivity index (χ1v) is 6.73.